The van der Waals surface area contributed by atoms with E-state index in [-0.39, 0.29) is 5.91 Å². The second kappa shape index (κ2) is 10.1. The first-order valence-electron chi connectivity index (χ1n) is 11.2. The minimum Gasteiger partial charge on any atom is -0.492 e. The number of likely N-dealkylation sites (N-methyl/N-ethyl adjacent to an activating group) is 1. The van der Waals surface area contributed by atoms with Crippen LogP contribution in [-0.4, -0.2) is 48.6 Å². The molecule has 0 radical (unpaired) electrons. The largest absolute Gasteiger partial charge is 0.492 e. The Kier molecular flexibility index (Phi) is 7.02. The number of fused-ring (bicyclic) bond motifs is 2. The molecule has 3 aromatic carbocycles. The molecule has 1 heterocycles. The Hall–Kier alpha value is -2.96. The summed E-state index contributed by atoms with van der Waals surface area (Å²) in [5.41, 5.74) is 1.49. The van der Waals surface area contributed by atoms with Crippen molar-refractivity contribution in [1.29, 1.82) is 0 Å². The molecule has 1 amide bonds. The van der Waals surface area contributed by atoms with Crippen LogP contribution in [0, 0.1) is 0 Å². The Morgan fingerprint density at radius 1 is 0.938 bits per heavy atom. The van der Waals surface area contributed by atoms with Gasteiger partial charge in [-0.3, -0.25) is 9.69 Å². The molecule has 166 valence electrons. The summed E-state index contributed by atoms with van der Waals surface area (Å²) in [6.07, 6.45) is 0. The second-order valence-corrected chi connectivity index (χ2v) is 8.59. The number of hydrogen-bond donors (Lipinski definition) is 0. The lowest BCUT2D eigenvalue weighted by atomic mass is 10.1. The molecule has 5 nitrogen and oxygen atoms in total. The number of carbonyl (C=O) groups excluding carboxylic acids is 1. The van der Waals surface area contributed by atoms with Crippen molar-refractivity contribution in [2.24, 2.45) is 0 Å². The quantitative estimate of drug-likeness (QED) is 0.323. The molecule has 1 aromatic heterocycles. The normalized spacial score (nSPS) is 11.4. The van der Waals surface area contributed by atoms with Crippen molar-refractivity contribution < 1.29 is 9.53 Å². The number of hydrogen-bond acceptors (Lipinski definition) is 5. The van der Waals surface area contributed by atoms with E-state index in [1.165, 1.54) is 11.3 Å². The molecule has 0 bridgehead atoms. The minimum absolute atomic E-state index is 0.0278. The maximum absolute atomic E-state index is 13.7. The van der Waals surface area contributed by atoms with Gasteiger partial charge in [0, 0.05) is 18.7 Å². The molecule has 4 rings (SSSR count). The summed E-state index contributed by atoms with van der Waals surface area (Å²) < 4.78 is 6.79. The molecule has 0 aliphatic heterocycles. The maximum atomic E-state index is 13.7. The lowest BCUT2D eigenvalue weighted by Crippen LogP contribution is -2.38. The van der Waals surface area contributed by atoms with Gasteiger partial charge >= 0.3 is 0 Å². The van der Waals surface area contributed by atoms with Gasteiger partial charge in [0.2, 0.25) is 0 Å². The fourth-order valence-corrected chi connectivity index (χ4v) is 4.85. The van der Waals surface area contributed by atoms with Crippen LogP contribution in [0.2, 0.25) is 0 Å². The topological polar surface area (TPSA) is 45.7 Å². The fraction of sp³-hybridized carbons (Fsp3) is 0.308. The number of anilines is 1. The average molecular weight is 448 g/mol. The zero-order valence-electron chi connectivity index (χ0n) is 18.9. The van der Waals surface area contributed by atoms with Crippen molar-refractivity contribution in [3.05, 3.63) is 66.2 Å². The summed E-state index contributed by atoms with van der Waals surface area (Å²) in [7, 11) is 0. The number of ether oxygens (including phenoxy) is 1. The van der Waals surface area contributed by atoms with Gasteiger partial charge in [-0.1, -0.05) is 61.6 Å². The maximum Gasteiger partial charge on any atom is 0.260 e. The van der Waals surface area contributed by atoms with E-state index < -0.39 is 0 Å². The van der Waals surface area contributed by atoms with Gasteiger partial charge in [-0.2, -0.15) is 0 Å². The third-order valence-electron chi connectivity index (χ3n) is 5.68. The Bertz CT molecular complexity index is 1220. The molecular weight excluding hydrogens is 418 g/mol. The molecule has 0 aliphatic carbocycles. The predicted molar refractivity (Wildman–Crippen MR) is 134 cm³/mol. The standard InChI is InChI=1S/C26H29N3O2S/c1-4-28(5-2)16-17-29(25(30)21-15-14-19-10-7-8-11-20(19)18-21)26-27-24-22(31-6-3)12-9-13-23(24)32-26/h7-15,18H,4-6,16-17H2,1-3H3. The van der Waals surface area contributed by atoms with E-state index in [2.05, 4.69) is 24.8 Å². The van der Waals surface area contributed by atoms with Crippen LogP contribution < -0.4 is 9.64 Å². The van der Waals surface area contributed by atoms with Gasteiger partial charge < -0.3 is 9.64 Å². The highest BCUT2D eigenvalue weighted by atomic mass is 32.1. The Balaban J connectivity index is 1.73. The zero-order chi connectivity index (χ0) is 22.5. The third-order valence-corrected chi connectivity index (χ3v) is 6.72. The van der Waals surface area contributed by atoms with Crippen LogP contribution in [0.15, 0.2) is 60.7 Å². The molecule has 0 atom stereocenters. The van der Waals surface area contributed by atoms with Crippen molar-refractivity contribution in [2.75, 3.05) is 37.7 Å². The molecule has 0 aliphatic rings. The minimum atomic E-state index is -0.0278. The van der Waals surface area contributed by atoms with Crippen LogP contribution in [0.4, 0.5) is 5.13 Å². The zero-order valence-corrected chi connectivity index (χ0v) is 19.7. The average Bonchev–Trinajstić information content (AvgIpc) is 3.26. The first-order valence-corrected chi connectivity index (χ1v) is 12.0. The second-order valence-electron chi connectivity index (χ2n) is 7.58. The highest BCUT2D eigenvalue weighted by Gasteiger charge is 2.23. The number of para-hydroxylation sites is 1. The third kappa shape index (κ3) is 4.61. The van der Waals surface area contributed by atoms with Crippen LogP contribution in [0.1, 0.15) is 31.1 Å². The number of nitrogens with zero attached hydrogens (tertiary/aromatic N) is 3. The Labute approximate surface area is 193 Å². The van der Waals surface area contributed by atoms with Crippen LogP contribution in [0.3, 0.4) is 0 Å². The monoisotopic (exact) mass is 447 g/mol. The number of rotatable bonds is 9. The van der Waals surface area contributed by atoms with Crippen molar-refractivity contribution in [3.63, 3.8) is 0 Å². The Morgan fingerprint density at radius 3 is 2.47 bits per heavy atom. The van der Waals surface area contributed by atoms with Gasteiger partial charge in [-0.25, -0.2) is 4.98 Å². The van der Waals surface area contributed by atoms with Crippen molar-refractivity contribution >= 4 is 43.4 Å². The predicted octanol–water partition coefficient (Wildman–Crippen LogP) is 5.84. The summed E-state index contributed by atoms with van der Waals surface area (Å²) in [6.45, 7) is 10.1. The van der Waals surface area contributed by atoms with Crippen LogP contribution in [-0.2, 0) is 0 Å². The molecule has 4 aromatic rings. The molecule has 0 unspecified atom stereocenters. The highest BCUT2D eigenvalue weighted by Crippen LogP contribution is 2.35. The smallest absolute Gasteiger partial charge is 0.260 e. The van der Waals surface area contributed by atoms with Crippen LogP contribution >= 0.6 is 11.3 Å². The van der Waals surface area contributed by atoms with Crippen molar-refractivity contribution in [1.82, 2.24) is 9.88 Å². The van der Waals surface area contributed by atoms with Crippen molar-refractivity contribution in [3.8, 4) is 5.75 Å². The van der Waals surface area contributed by atoms with Crippen molar-refractivity contribution in [2.45, 2.75) is 20.8 Å². The van der Waals surface area contributed by atoms with Gasteiger partial charge in [0.25, 0.3) is 5.91 Å². The molecular formula is C26H29N3O2S. The number of thiazole rings is 1. The lowest BCUT2D eigenvalue weighted by Gasteiger charge is -2.25. The van der Waals surface area contributed by atoms with Gasteiger partial charge in [0.05, 0.1) is 11.3 Å². The molecule has 6 heteroatoms. The van der Waals surface area contributed by atoms with Gasteiger partial charge in [-0.05, 0) is 55.1 Å². The van der Waals surface area contributed by atoms with Gasteiger partial charge in [0.1, 0.15) is 11.3 Å². The molecule has 0 N–H and O–H groups in total. The van der Waals surface area contributed by atoms with E-state index >= 15 is 0 Å². The highest BCUT2D eigenvalue weighted by molar-refractivity contribution is 7.22. The van der Waals surface area contributed by atoms with E-state index in [0.29, 0.717) is 23.8 Å². The van der Waals surface area contributed by atoms with Crippen LogP contribution in [0.5, 0.6) is 5.75 Å². The number of benzene rings is 3. The summed E-state index contributed by atoms with van der Waals surface area (Å²) in [5, 5.41) is 2.89. The molecule has 0 saturated carbocycles. The summed E-state index contributed by atoms with van der Waals surface area (Å²) in [4.78, 5) is 22.7. The molecule has 0 spiro atoms. The molecule has 0 fully saturated rings. The van der Waals surface area contributed by atoms with E-state index in [1.54, 1.807) is 0 Å². The van der Waals surface area contributed by atoms with E-state index in [0.717, 1.165) is 46.4 Å². The number of amides is 1. The summed E-state index contributed by atoms with van der Waals surface area (Å²) in [6, 6.07) is 19.9. The molecule has 0 saturated heterocycles. The van der Waals surface area contributed by atoms with Gasteiger partial charge in [0.15, 0.2) is 5.13 Å². The fourth-order valence-electron chi connectivity index (χ4n) is 3.84. The Morgan fingerprint density at radius 2 is 1.72 bits per heavy atom. The van der Waals surface area contributed by atoms with E-state index in [1.807, 2.05) is 66.4 Å². The number of carbonyl (C=O) groups is 1. The summed E-state index contributed by atoms with van der Waals surface area (Å²) >= 11 is 1.53. The lowest BCUT2D eigenvalue weighted by molar-refractivity contribution is 0.0984. The first-order chi connectivity index (χ1) is 15.6. The van der Waals surface area contributed by atoms with E-state index in [4.69, 9.17) is 9.72 Å². The number of aromatic nitrogens is 1. The SMILES string of the molecule is CCOc1cccc2sc(N(CCN(CC)CC)C(=O)c3ccc4ccccc4c3)nc12. The van der Waals surface area contributed by atoms with Gasteiger partial charge in [-0.15, -0.1) is 0 Å². The first kappa shape index (κ1) is 22.2. The summed E-state index contributed by atoms with van der Waals surface area (Å²) in [5.74, 6) is 0.731. The van der Waals surface area contributed by atoms with E-state index in [9.17, 15) is 4.79 Å². The molecule has 32 heavy (non-hydrogen) atoms. The van der Waals surface area contributed by atoms with Crippen LogP contribution in [0.25, 0.3) is 21.0 Å².